The first-order valence-electron chi connectivity index (χ1n) is 6.94. The standard InChI is InChI=1S/C16H24FN/c1-11-4-5-13(3)16(18,9-11)10-14-6-7-15(17)8-12(14)2/h6-8,11,13H,4-5,9-10,18H2,1-3H3. The minimum absolute atomic E-state index is 0.125. The van der Waals surface area contributed by atoms with Gasteiger partial charge in [-0.15, -0.1) is 0 Å². The van der Waals surface area contributed by atoms with E-state index in [2.05, 4.69) is 13.8 Å². The summed E-state index contributed by atoms with van der Waals surface area (Å²) in [5.41, 5.74) is 8.73. The Balaban J connectivity index is 2.20. The number of nitrogens with two attached hydrogens (primary N) is 1. The SMILES string of the molecule is Cc1cc(F)ccc1CC1(N)CC(C)CCC1C. The number of rotatable bonds is 2. The molecule has 100 valence electrons. The Morgan fingerprint density at radius 2 is 2.06 bits per heavy atom. The maximum absolute atomic E-state index is 13.1. The number of halogens is 1. The summed E-state index contributed by atoms with van der Waals surface area (Å²) in [6, 6.07) is 5.05. The van der Waals surface area contributed by atoms with Crippen LogP contribution in [0.1, 0.15) is 44.2 Å². The molecule has 0 bridgehead atoms. The highest BCUT2D eigenvalue weighted by Gasteiger charge is 2.37. The predicted molar refractivity (Wildman–Crippen MR) is 73.9 cm³/mol. The smallest absolute Gasteiger partial charge is 0.123 e. The quantitative estimate of drug-likeness (QED) is 0.847. The van der Waals surface area contributed by atoms with Gasteiger partial charge in [0.25, 0.3) is 0 Å². The molecule has 0 aliphatic heterocycles. The zero-order chi connectivity index (χ0) is 13.3. The summed E-state index contributed by atoms with van der Waals surface area (Å²) >= 11 is 0. The second-order valence-electron chi connectivity index (χ2n) is 6.27. The molecule has 3 unspecified atom stereocenters. The normalized spacial score (nSPS) is 32.5. The average Bonchev–Trinajstić information content (AvgIpc) is 2.28. The second kappa shape index (κ2) is 5.00. The van der Waals surface area contributed by atoms with E-state index in [4.69, 9.17) is 5.73 Å². The Morgan fingerprint density at radius 3 is 2.72 bits per heavy atom. The lowest BCUT2D eigenvalue weighted by Gasteiger charge is -2.42. The maximum atomic E-state index is 13.1. The van der Waals surface area contributed by atoms with E-state index >= 15 is 0 Å². The summed E-state index contributed by atoms with van der Waals surface area (Å²) in [4.78, 5) is 0. The van der Waals surface area contributed by atoms with Crippen molar-refractivity contribution in [2.45, 2.75) is 52.0 Å². The third-order valence-electron chi connectivity index (χ3n) is 4.63. The van der Waals surface area contributed by atoms with Gasteiger partial charge in [0.05, 0.1) is 0 Å². The lowest BCUT2D eigenvalue weighted by molar-refractivity contribution is 0.161. The van der Waals surface area contributed by atoms with Crippen LogP contribution < -0.4 is 5.73 Å². The Bertz CT molecular complexity index is 429. The largest absolute Gasteiger partial charge is 0.325 e. The van der Waals surface area contributed by atoms with Crippen LogP contribution in [0.25, 0.3) is 0 Å². The molecule has 0 amide bonds. The third kappa shape index (κ3) is 2.74. The fourth-order valence-corrected chi connectivity index (χ4v) is 3.23. The van der Waals surface area contributed by atoms with Gasteiger partial charge in [-0.2, -0.15) is 0 Å². The minimum Gasteiger partial charge on any atom is -0.325 e. The van der Waals surface area contributed by atoms with Gasteiger partial charge in [0.15, 0.2) is 0 Å². The molecule has 18 heavy (non-hydrogen) atoms. The predicted octanol–water partition coefficient (Wildman–Crippen LogP) is 3.83. The Morgan fingerprint density at radius 1 is 1.33 bits per heavy atom. The van der Waals surface area contributed by atoms with Crippen LogP contribution in [-0.2, 0) is 6.42 Å². The summed E-state index contributed by atoms with van der Waals surface area (Å²) in [6.07, 6.45) is 4.43. The van der Waals surface area contributed by atoms with Crippen molar-refractivity contribution in [1.29, 1.82) is 0 Å². The molecule has 0 aromatic heterocycles. The Hall–Kier alpha value is -0.890. The second-order valence-corrected chi connectivity index (χ2v) is 6.27. The fraction of sp³-hybridized carbons (Fsp3) is 0.625. The van der Waals surface area contributed by atoms with Crippen molar-refractivity contribution in [2.24, 2.45) is 17.6 Å². The molecule has 2 heteroatoms. The van der Waals surface area contributed by atoms with Crippen LogP contribution in [0.4, 0.5) is 4.39 Å². The van der Waals surface area contributed by atoms with Crippen LogP contribution >= 0.6 is 0 Å². The number of aryl methyl sites for hydroxylation is 1. The van der Waals surface area contributed by atoms with Crippen LogP contribution in [-0.4, -0.2) is 5.54 Å². The summed E-state index contributed by atoms with van der Waals surface area (Å²) in [7, 11) is 0. The Labute approximate surface area is 110 Å². The Kier molecular flexibility index (Phi) is 3.76. The minimum atomic E-state index is -0.160. The van der Waals surface area contributed by atoms with Gasteiger partial charge in [-0.05, 0) is 61.3 Å². The lowest BCUT2D eigenvalue weighted by atomic mass is 9.67. The maximum Gasteiger partial charge on any atom is 0.123 e. The van der Waals surface area contributed by atoms with Crippen molar-refractivity contribution in [2.75, 3.05) is 0 Å². The molecule has 1 nitrogen and oxygen atoms in total. The number of hydrogen-bond donors (Lipinski definition) is 1. The van der Waals surface area contributed by atoms with Gasteiger partial charge in [-0.25, -0.2) is 4.39 Å². The highest BCUT2D eigenvalue weighted by atomic mass is 19.1. The number of hydrogen-bond acceptors (Lipinski definition) is 1. The van der Waals surface area contributed by atoms with E-state index in [9.17, 15) is 4.39 Å². The van der Waals surface area contributed by atoms with Gasteiger partial charge < -0.3 is 5.73 Å². The lowest BCUT2D eigenvalue weighted by Crippen LogP contribution is -2.51. The van der Waals surface area contributed by atoms with E-state index in [0.717, 1.165) is 18.4 Å². The fourth-order valence-electron chi connectivity index (χ4n) is 3.23. The van der Waals surface area contributed by atoms with Crippen molar-refractivity contribution in [3.05, 3.63) is 35.1 Å². The van der Waals surface area contributed by atoms with Crippen LogP contribution in [0.15, 0.2) is 18.2 Å². The van der Waals surface area contributed by atoms with Crippen LogP contribution in [0.3, 0.4) is 0 Å². The van der Waals surface area contributed by atoms with Crippen molar-refractivity contribution in [1.82, 2.24) is 0 Å². The molecule has 0 heterocycles. The molecular formula is C16H24FN. The van der Waals surface area contributed by atoms with E-state index in [1.165, 1.54) is 18.4 Å². The van der Waals surface area contributed by atoms with Gasteiger partial charge in [0, 0.05) is 5.54 Å². The zero-order valence-corrected chi connectivity index (χ0v) is 11.7. The zero-order valence-electron chi connectivity index (χ0n) is 11.7. The molecule has 0 radical (unpaired) electrons. The first-order chi connectivity index (χ1) is 8.40. The molecule has 1 saturated carbocycles. The van der Waals surface area contributed by atoms with Gasteiger partial charge >= 0.3 is 0 Å². The average molecular weight is 249 g/mol. The van der Waals surface area contributed by atoms with Gasteiger partial charge in [0.2, 0.25) is 0 Å². The van der Waals surface area contributed by atoms with Crippen molar-refractivity contribution in [3.63, 3.8) is 0 Å². The molecule has 1 aliphatic carbocycles. The molecule has 1 fully saturated rings. The van der Waals surface area contributed by atoms with Gasteiger partial charge in [-0.3, -0.25) is 0 Å². The van der Waals surface area contributed by atoms with E-state index < -0.39 is 0 Å². The van der Waals surface area contributed by atoms with Crippen molar-refractivity contribution < 1.29 is 4.39 Å². The molecular weight excluding hydrogens is 225 g/mol. The van der Waals surface area contributed by atoms with Gasteiger partial charge in [0.1, 0.15) is 5.82 Å². The molecule has 0 spiro atoms. The summed E-state index contributed by atoms with van der Waals surface area (Å²) in [5.74, 6) is 1.08. The van der Waals surface area contributed by atoms with E-state index in [-0.39, 0.29) is 11.4 Å². The van der Waals surface area contributed by atoms with E-state index in [1.54, 1.807) is 12.1 Å². The topological polar surface area (TPSA) is 26.0 Å². The highest BCUT2D eigenvalue weighted by Crippen LogP contribution is 2.37. The summed E-state index contributed by atoms with van der Waals surface area (Å²) < 4.78 is 13.1. The van der Waals surface area contributed by atoms with Gasteiger partial charge in [-0.1, -0.05) is 26.3 Å². The third-order valence-corrected chi connectivity index (χ3v) is 4.63. The molecule has 1 aliphatic rings. The summed E-state index contributed by atoms with van der Waals surface area (Å²) in [6.45, 7) is 6.51. The molecule has 2 N–H and O–H groups in total. The number of benzene rings is 1. The van der Waals surface area contributed by atoms with Crippen molar-refractivity contribution >= 4 is 0 Å². The van der Waals surface area contributed by atoms with E-state index in [1.807, 2.05) is 13.0 Å². The first kappa shape index (κ1) is 13.5. The van der Waals surface area contributed by atoms with Crippen LogP contribution in [0.5, 0.6) is 0 Å². The molecule has 3 atom stereocenters. The molecule has 1 aromatic carbocycles. The van der Waals surface area contributed by atoms with E-state index in [0.29, 0.717) is 11.8 Å². The van der Waals surface area contributed by atoms with Crippen LogP contribution in [0, 0.1) is 24.6 Å². The highest BCUT2D eigenvalue weighted by molar-refractivity contribution is 5.28. The monoisotopic (exact) mass is 249 g/mol. The van der Waals surface area contributed by atoms with Crippen LogP contribution in [0.2, 0.25) is 0 Å². The summed E-state index contributed by atoms with van der Waals surface area (Å²) in [5, 5.41) is 0. The molecule has 1 aromatic rings. The van der Waals surface area contributed by atoms with Crippen molar-refractivity contribution in [3.8, 4) is 0 Å². The first-order valence-corrected chi connectivity index (χ1v) is 6.94. The molecule has 0 saturated heterocycles. The molecule has 2 rings (SSSR count).